The van der Waals surface area contributed by atoms with Gasteiger partial charge in [0.05, 0.1) is 8.07 Å². The first kappa shape index (κ1) is 17.9. The van der Waals surface area contributed by atoms with E-state index in [1.807, 2.05) is 0 Å². The summed E-state index contributed by atoms with van der Waals surface area (Å²) in [5.74, 6) is 0.407. The number of allylic oxidation sites excluding steroid dienone is 2. The van der Waals surface area contributed by atoms with Crippen molar-refractivity contribution in [3.05, 3.63) is 12.2 Å². The fraction of sp³-hybridized carbons (Fsp3) is 0.812. The number of hydrogen-bond donors (Lipinski definition) is 0. The number of carbonyl (C=O) groups is 1. The Morgan fingerprint density at radius 3 is 2.05 bits per heavy atom. The van der Waals surface area contributed by atoms with Crippen LogP contribution in [0, 0.1) is 11.8 Å². The summed E-state index contributed by atoms with van der Waals surface area (Å²) in [6.07, 6.45) is 5.50. The Labute approximate surface area is 127 Å². The first-order valence-corrected chi connectivity index (χ1v) is 14.2. The number of carbonyl (C=O) groups excluding carboxylic acids is 1. The standard InChI is InChI=1S/C16H32O2Si2/c1-16(2,3)20(7,8)18-12-14-13(11-17)9-10-15(14)19(4,5)6/h9-11,13-15H,12H2,1-8H3/t13-,14+,15+/m0/s1. The van der Waals surface area contributed by atoms with Gasteiger partial charge in [0.1, 0.15) is 6.29 Å². The Morgan fingerprint density at radius 1 is 1.10 bits per heavy atom. The lowest BCUT2D eigenvalue weighted by atomic mass is 9.98. The molecule has 0 saturated carbocycles. The van der Waals surface area contributed by atoms with Gasteiger partial charge in [-0.05, 0) is 29.6 Å². The van der Waals surface area contributed by atoms with Crippen LogP contribution in [0.25, 0.3) is 0 Å². The molecular formula is C16H32O2Si2. The van der Waals surface area contributed by atoms with Gasteiger partial charge in [-0.25, -0.2) is 0 Å². The predicted molar refractivity (Wildman–Crippen MR) is 92.4 cm³/mol. The third-order valence-corrected chi connectivity index (χ3v) is 12.2. The summed E-state index contributed by atoms with van der Waals surface area (Å²) in [5.41, 5.74) is 0.558. The Hall–Kier alpha value is -0.196. The number of hydrogen-bond acceptors (Lipinski definition) is 2. The zero-order valence-corrected chi connectivity index (χ0v) is 16.5. The summed E-state index contributed by atoms with van der Waals surface area (Å²) in [6, 6.07) is 0. The van der Waals surface area contributed by atoms with Gasteiger partial charge >= 0.3 is 0 Å². The van der Waals surface area contributed by atoms with Crippen LogP contribution in [-0.2, 0) is 9.22 Å². The van der Waals surface area contributed by atoms with E-state index < -0.39 is 16.4 Å². The maximum atomic E-state index is 11.3. The van der Waals surface area contributed by atoms with Gasteiger partial charge in [0.15, 0.2) is 8.32 Å². The van der Waals surface area contributed by atoms with Gasteiger partial charge in [-0.1, -0.05) is 52.6 Å². The molecule has 0 spiro atoms. The molecule has 0 aromatic carbocycles. The van der Waals surface area contributed by atoms with Crippen LogP contribution in [0.4, 0.5) is 0 Å². The molecule has 116 valence electrons. The average Bonchev–Trinajstić information content (AvgIpc) is 2.67. The summed E-state index contributed by atoms with van der Waals surface area (Å²) >= 11 is 0. The van der Waals surface area contributed by atoms with Crippen molar-refractivity contribution in [1.82, 2.24) is 0 Å². The molecule has 0 aromatic rings. The van der Waals surface area contributed by atoms with Crippen LogP contribution >= 0.6 is 0 Å². The molecule has 1 aliphatic rings. The van der Waals surface area contributed by atoms with Crippen LogP contribution < -0.4 is 0 Å². The molecule has 0 fully saturated rings. The fourth-order valence-corrected chi connectivity index (χ4v) is 5.92. The van der Waals surface area contributed by atoms with Gasteiger partial charge in [-0.2, -0.15) is 0 Å². The largest absolute Gasteiger partial charge is 0.417 e. The zero-order chi connectivity index (χ0) is 15.8. The van der Waals surface area contributed by atoms with Crippen LogP contribution in [0.2, 0.25) is 43.3 Å². The SMILES string of the molecule is CC(C)(C)[Si](C)(C)OC[C@@H]1[C@H](C=O)C=C[C@H]1[Si](C)(C)C. The molecule has 1 rings (SSSR count). The van der Waals surface area contributed by atoms with Gasteiger partial charge in [0.2, 0.25) is 0 Å². The van der Waals surface area contributed by atoms with E-state index in [1.165, 1.54) is 0 Å². The van der Waals surface area contributed by atoms with Gasteiger partial charge in [-0.15, -0.1) is 0 Å². The maximum absolute atomic E-state index is 11.3. The molecule has 1 aliphatic carbocycles. The van der Waals surface area contributed by atoms with Crippen molar-refractivity contribution in [3.8, 4) is 0 Å². The van der Waals surface area contributed by atoms with Gasteiger partial charge in [0.25, 0.3) is 0 Å². The van der Waals surface area contributed by atoms with Crippen molar-refractivity contribution in [1.29, 1.82) is 0 Å². The minimum Gasteiger partial charge on any atom is -0.417 e. The molecule has 4 heteroatoms. The molecule has 3 atom stereocenters. The van der Waals surface area contributed by atoms with Crippen LogP contribution in [0.1, 0.15) is 20.8 Å². The molecule has 0 unspecified atom stereocenters. The summed E-state index contributed by atoms with van der Waals surface area (Å²) in [4.78, 5) is 11.3. The molecule has 0 aromatic heterocycles. The van der Waals surface area contributed by atoms with Gasteiger partial charge < -0.3 is 9.22 Å². The highest BCUT2D eigenvalue weighted by Gasteiger charge is 2.42. The zero-order valence-electron chi connectivity index (χ0n) is 14.5. The van der Waals surface area contributed by atoms with Crippen LogP contribution in [0.3, 0.4) is 0 Å². The van der Waals surface area contributed by atoms with E-state index in [4.69, 9.17) is 4.43 Å². The van der Waals surface area contributed by atoms with E-state index in [0.717, 1.165) is 12.9 Å². The molecule has 0 bridgehead atoms. The topological polar surface area (TPSA) is 26.3 Å². The second-order valence-corrected chi connectivity index (χ2v) is 18.9. The molecule has 0 amide bonds. The second kappa shape index (κ2) is 5.89. The Bertz CT molecular complexity index is 375. The third kappa shape index (κ3) is 3.92. The number of aldehydes is 1. The van der Waals surface area contributed by atoms with Crippen molar-refractivity contribution in [3.63, 3.8) is 0 Å². The first-order valence-electron chi connectivity index (χ1n) is 7.68. The molecule has 0 N–H and O–H groups in total. The van der Waals surface area contributed by atoms with Crippen molar-refractivity contribution < 1.29 is 9.22 Å². The van der Waals surface area contributed by atoms with Gasteiger partial charge in [0, 0.05) is 12.5 Å². The van der Waals surface area contributed by atoms with E-state index in [9.17, 15) is 4.79 Å². The van der Waals surface area contributed by atoms with Crippen LogP contribution in [-0.4, -0.2) is 29.3 Å². The molecule has 20 heavy (non-hydrogen) atoms. The quantitative estimate of drug-likeness (QED) is 0.417. The Kier molecular flexibility index (Phi) is 5.26. The lowest BCUT2D eigenvalue weighted by Crippen LogP contribution is -2.44. The molecule has 0 saturated heterocycles. The minimum absolute atomic E-state index is 0.0523. The summed E-state index contributed by atoms with van der Waals surface area (Å²) in [5, 5.41) is 0.227. The molecular weight excluding hydrogens is 280 g/mol. The van der Waals surface area contributed by atoms with Crippen molar-refractivity contribution in [2.24, 2.45) is 11.8 Å². The highest BCUT2D eigenvalue weighted by Crippen LogP contribution is 2.43. The van der Waals surface area contributed by atoms with E-state index in [2.05, 4.69) is 65.7 Å². The lowest BCUT2D eigenvalue weighted by molar-refractivity contribution is -0.111. The van der Waals surface area contributed by atoms with Gasteiger partial charge in [-0.3, -0.25) is 0 Å². The summed E-state index contributed by atoms with van der Waals surface area (Å²) in [6.45, 7) is 19.3. The lowest BCUT2D eigenvalue weighted by Gasteiger charge is -2.39. The fourth-order valence-electron chi connectivity index (χ4n) is 2.59. The van der Waals surface area contributed by atoms with E-state index >= 15 is 0 Å². The monoisotopic (exact) mass is 312 g/mol. The maximum Gasteiger partial charge on any atom is 0.191 e. The van der Waals surface area contributed by atoms with Crippen molar-refractivity contribution >= 4 is 22.7 Å². The molecule has 2 nitrogen and oxygen atoms in total. The Morgan fingerprint density at radius 2 is 1.65 bits per heavy atom. The number of rotatable bonds is 5. The minimum atomic E-state index is -1.73. The highest BCUT2D eigenvalue weighted by atomic mass is 28.4. The second-order valence-electron chi connectivity index (χ2n) is 8.73. The normalized spacial score (nSPS) is 27.9. The average molecular weight is 313 g/mol. The molecule has 0 heterocycles. The van der Waals surface area contributed by atoms with Crippen molar-refractivity contribution in [2.75, 3.05) is 6.61 Å². The highest BCUT2D eigenvalue weighted by molar-refractivity contribution is 6.78. The third-order valence-electron chi connectivity index (χ3n) is 5.10. The Balaban J connectivity index is 2.81. The van der Waals surface area contributed by atoms with Crippen LogP contribution in [0.15, 0.2) is 12.2 Å². The molecule has 0 aliphatic heterocycles. The summed E-state index contributed by atoms with van der Waals surface area (Å²) < 4.78 is 6.40. The van der Waals surface area contributed by atoms with E-state index in [1.54, 1.807) is 0 Å². The first-order chi connectivity index (χ1) is 8.90. The van der Waals surface area contributed by atoms with Crippen LogP contribution in [0.5, 0.6) is 0 Å². The smallest absolute Gasteiger partial charge is 0.191 e. The van der Waals surface area contributed by atoms with Crippen molar-refractivity contribution in [2.45, 2.75) is 64.1 Å². The van der Waals surface area contributed by atoms with E-state index in [-0.39, 0.29) is 11.0 Å². The van der Waals surface area contributed by atoms with E-state index in [0.29, 0.717) is 11.5 Å². The molecule has 0 radical (unpaired) electrons. The predicted octanol–water partition coefficient (Wildman–Crippen LogP) is 4.72. The summed E-state index contributed by atoms with van der Waals surface area (Å²) in [7, 11) is -3.03.